The van der Waals surface area contributed by atoms with E-state index in [1.54, 1.807) is 0 Å². The van der Waals surface area contributed by atoms with Crippen LogP contribution < -0.4 is 5.32 Å². The molecule has 0 bridgehead atoms. The monoisotopic (exact) mass is 218 g/mol. The zero-order valence-electron chi connectivity index (χ0n) is 7.62. The first-order chi connectivity index (χ1) is 6.09. The van der Waals surface area contributed by atoms with Crippen LogP contribution in [-0.2, 0) is 4.79 Å². The summed E-state index contributed by atoms with van der Waals surface area (Å²) < 4.78 is 0.620. The third kappa shape index (κ3) is 3.52. The molecule has 1 fully saturated rings. The van der Waals surface area contributed by atoms with E-state index in [1.807, 2.05) is 4.90 Å². The molecule has 0 aromatic carbocycles. The second-order valence-electron chi connectivity index (χ2n) is 3.27. The first-order valence-corrected chi connectivity index (χ1v) is 5.20. The van der Waals surface area contributed by atoms with E-state index >= 15 is 0 Å². The molecule has 5 heteroatoms. The molecule has 74 valence electrons. The Morgan fingerprint density at radius 1 is 1.69 bits per heavy atom. The van der Waals surface area contributed by atoms with E-state index in [1.165, 1.54) is 6.92 Å². The van der Waals surface area contributed by atoms with E-state index in [2.05, 4.69) is 17.9 Å². The normalized spacial score (nSPS) is 22.6. The van der Waals surface area contributed by atoms with Crippen molar-refractivity contribution in [2.75, 3.05) is 13.1 Å². The van der Waals surface area contributed by atoms with Gasteiger partial charge in [-0.2, -0.15) is 0 Å². The van der Waals surface area contributed by atoms with Crippen molar-refractivity contribution < 1.29 is 4.79 Å². The Morgan fingerprint density at radius 2 is 2.38 bits per heavy atom. The van der Waals surface area contributed by atoms with Gasteiger partial charge >= 0.3 is 0 Å². The van der Waals surface area contributed by atoms with Gasteiger partial charge in [0.1, 0.15) is 4.32 Å². The van der Waals surface area contributed by atoms with Gasteiger partial charge in [0.05, 0.1) is 0 Å². The smallest absolute Gasteiger partial charge is 0.217 e. The van der Waals surface area contributed by atoms with E-state index in [9.17, 15) is 4.79 Å². The molecule has 1 unspecified atom stereocenters. The van der Waals surface area contributed by atoms with Crippen LogP contribution in [0.15, 0.2) is 0 Å². The van der Waals surface area contributed by atoms with Crippen LogP contribution in [0.5, 0.6) is 0 Å². The van der Waals surface area contributed by atoms with Gasteiger partial charge in [-0.3, -0.25) is 4.79 Å². The van der Waals surface area contributed by atoms with E-state index in [-0.39, 0.29) is 11.9 Å². The van der Waals surface area contributed by atoms with Gasteiger partial charge in [-0.25, -0.2) is 0 Å². The van der Waals surface area contributed by atoms with Crippen molar-refractivity contribution in [3.05, 3.63) is 0 Å². The molecule has 1 aliphatic heterocycles. The van der Waals surface area contributed by atoms with Crippen molar-refractivity contribution in [2.45, 2.75) is 25.8 Å². The largest absolute Gasteiger partial charge is 0.356 e. The summed E-state index contributed by atoms with van der Waals surface area (Å²) in [6.07, 6.45) is 2.10. The second kappa shape index (κ2) is 4.81. The number of piperidine rings is 1. The SMILES string of the molecule is CC(=O)NC1CCCN(C(=S)S)C1. The molecule has 1 heterocycles. The number of likely N-dealkylation sites (tertiary alicyclic amines) is 1. The minimum atomic E-state index is 0.0249. The van der Waals surface area contributed by atoms with Gasteiger partial charge in [0.15, 0.2) is 0 Å². The Kier molecular flexibility index (Phi) is 3.99. The predicted molar refractivity (Wildman–Crippen MR) is 60.0 cm³/mol. The lowest BCUT2D eigenvalue weighted by Gasteiger charge is -2.33. The van der Waals surface area contributed by atoms with Gasteiger partial charge < -0.3 is 10.2 Å². The van der Waals surface area contributed by atoms with Crippen molar-refractivity contribution in [2.24, 2.45) is 0 Å². The molecule has 13 heavy (non-hydrogen) atoms. The first kappa shape index (κ1) is 10.8. The third-order valence-corrected chi connectivity index (χ3v) is 2.64. The molecule has 1 rings (SSSR count). The number of amides is 1. The fourth-order valence-electron chi connectivity index (χ4n) is 1.56. The number of hydrogen-bond acceptors (Lipinski definition) is 2. The summed E-state index contributed by atoms with van der Waals surface area (Å²) in [5, 5.41) is 2.89. The molecular formula is C8H14N2OS2. The van der Waals surface area contributed by atoms with Crippen molar-refractivity contribution in [1.82, 2.24) is 10.2 Å². The molecule has 0 aromatic heterocycles. The van der Waals surface area contributed by atoms with Gasteiger partial charge in [-0.15, -0.1) is 12.6 Å². The summed E-state index contributed by atoms with van der Waals surface area (Å²) in [5.74, 6) is 0.0249. The average Bonchev–Trinajstić information content (AvgIpc) is 2.03. The van der Waals surface area contributed by atoms with Gasteiger partial charge in [-0.05, 0) is 12.8 Å². The molecule has 1 N–H and O–H groups in total. The fourth-order valence-corrected chi connectivity index (χ4v) is 1.90. The van der Waals surface area contributed by atoms with Crippen molar-refractivity contribution >= 4 is 35.1 Å². The van der Waals surface area contributed by atoms with E-state index in [0.717, 1.165) is 25.9 Å². The lowest BCUT2D eigenvalue weighted by Crippen LogP contribution is -2.47. The molecule has 1 atom stereocenters. The molecule has 1 amide bonds. The highest BCUT2D eigenvalue weighted by atomic mass is 32.1. The Bertz CT molecular complexity index is 220. The van der Waals surface area contributed by atoms with Gasteiger partial charge in [-0.1, -0.05) is 12.2 Å². The predicted octanol–water partition coefficient (Wildman–Crippen LogP) is 0.802. The maximum absolute atomic E-state index is 10.8. The van der Waals surface area contributed by atoms with Crippen LogP contribution in [0.2, 0.25) is 0 Å². The summed E-state index contributed by atoms with van der Waals surface area (Å²) in [7, 11) is 0. The van der Waals surface area contributed by atoms with Crippen LogP contribution in [0.25, 0.3) is 0 Å². The molecule has 0 spiro atoms. The maximum Gasteiger partial charge on any atom is 0.217 e. The Hall–Kier alpha value is -0.290. The summed E-state index contributed by atoms with van der Waals surface area (Å²) in [6, 6.07) is 0.233. The lowest BCUT2D eigenvalue weighted by atomic mass is 10.1. The van der Waals surface area contributed by atoms with Gasteiger partial charge in [0.2, 0.25) is 5.91 Å². The number of rotatable bonds is 1. The topological polar surface area (TPSA) is 32.3 Å². The van der Waals surface area contributed by atoms with E-state index in [4.69, 9.17) is 12.2 Å². The average molecular weight is 218 g/mol. The van der Waals surface area contributed by atoms with Crippen LogP contribution in [0.3, 0.4) is 0 Å². The molecule has 1 aliphatic rings. The van der Waals surface area contributed by atoms with Crippen LogP contribution in [0.4, 0.5) is 0 Å². The Morgan fingerprint density at radius 3 is 2.92 bits per heavy atom. The van der Waals surface area contributed by atoms with Crippen molar-refractivity contribution in [3.63, 3.8) is 0 Å². The van der Waals surface area contributed by atoms with Crippen LogP contribution in [0, 0.1) is 0 Å². The van der Waals surface area contributed by atoms with Gasteiger partial charge in [0.25, 0.3) is 0 Å². The Balaban J connectivity index is 2.41. The lowest BCUT2D eigenvalue weighted by molar-refractivity contribution is -0.119. The number of carbonyl (C=O) groups is 1. The standard InChI is InChI=1S/C8H14N2OS2/c1-6(11)9-7-3-2-4-10(5-7)8(12)13/h7H,2-5H2,1H3,(H,9,11)(H,12,13). The van der Waals surface area contributed by atoms with Crippen molar-refractivity contribution in [3.8, 4) is 0 Å². The van der Waals surface area contributed by atoms with E-state index < -0.39 is 0 Å². The minimum absolute atomic E-state index is 0.0249. The molecule has 3 nitrogen and oxygen atoms in total. The first-order valence-electron chi connectivity index (χ1n) is 4.34. The third-order valence-electron chi connectivity index (χ3n) is 2.10. The summed E-state index contributed by atoms with van der Waals surface area (Å²) in [4.78, 5) is 12.8. The number of carbonyl (C=O) groups excluding carboxylic acids is 1. The number of nitrogens with zero attached hydrogens (tertiary/aromatic N) is 1. The van der Waals surface area contributed by atoms with E-state index in [0.29, 0.717) is 4.32 Å². The quantitative estimate of drug-likeness (QED) is 0.504. The maximum atomic E-state index is 10.8. The molecular weight excluding hydrogens is 204 g/mol. The molecule has 0 aliphatic carbocycles. The number of nitrogens with one attached hydrogen (secondary N) is 1. The fraction of sp³-hybridized carbons (Fsp3) is 0.750. The number of thiol groups is 1. The summed E-state index contributed by atoms with van der Waals surface area (Å²) in [6.45, 7) is 3.29. The minimum Gasteiger partial charge on any atom is -0.356 e. The van der Waals surface area contributed by atoms with Crippen molar-refractivity contribution in [1.29, 1.82) is 0 Å². The summed E-state index contributed by atoms with van der Waals surface area (Å²) >= 11 is 9.08. The second-order valence-corrected chi connectivity index (χ2v) is 4.38. The zero-order valence-corrected chi connectivity index (χ0v) is 9.33. The van der Waals surface area contributed by atoms with Crippen LogP contribution >= 0.6 is 24.8 Å². The van der Waals surface area contributed by atoms with Crippen LogP contribution in [-0.4, -0.2) is 34.3 Å². The Labute approximate surface area is 89.3 Å². The van der Waals surface area contributed by atoms with Gasteiger partial charge in [0, 0.05) is 26.1 Å². The highest BCUT2D eigenvalue weighted by molar-refractivity contribution is 8.10. The molecule has 0 aromatic rings. The summed E-state index contributed by atoms with van der Waals surface area (Å²) in [5.41, 5.74) is 0. The highest BCUT2D eigenvalue weighted by Gasteiger charge is 2.20. The molecule has 0 saturated carbocycles. The molecule has 1 saturated heterocycles. The highest BCUT2D eigenvalue weighted by Crippen LogP contribution is 2.11. The molecule has 0 radical (unpaired) electrons. The number of thiocarbonyl (C=S) groups is 1. The van der Waals surface area contributed by atoms with Crippen LogP contribution in [0.1, 0.15) is 19.8 Å². The number of hydrogen-bond donors (Lipinski definition) is 2. The zero-order chi connectivity index (χ0) is 9.84.